The lowest BCUT2D eigenvalue weighted by Gasteiger charge is -2.23. The van der Waals surface area contributed by atoms with Gasteiger partial charge in [-0.15, -0.1) is 0 Å². The summed E-state index contributed by atoms with van der Waals surface area (Å²) in [6.45, 7) is 4.23. The molecule has 5 nitrogen and oxygen atoms in total. The van der Waals surface area contributed by atoms with E-state index in [0.29, 0.717) is 22.6 Å². The van der Waals surface area contributed by atoms with Gasteiger partial charge >= 0.3 is 0 Å². The molecule has 1 heterocycles. The number of aromatic amines is 1. The van der Waals surface area contributed by atoms with Gasteiger partial charge in [-0.3, -0.25) is 9.59 Å². The summed E-state index contributed by atoms with van der Waals surface area (Å²) in [5, 5.41) is 3.03. The Labute approximate surface area is 127 Å². The topological polar surface area (TPSA) is 65.2 Å². The number of halogens is 1. The molecule has 0 fully saturated rings. The van der Waals surface area contributed by atoms with E-state index in [0.717, 1.165) is 18.2 Å². The molecule has 1 amide bonds. The summed E-state index contributed by atoms with van der Waals surface area (Å²) in [4.78, 5) is 26.2. The highest BCUT2D eigenvalue weighted by molar-refractivity contribution is 6.34. The van der Waals surface area contributed by atoms with Crippen LogP contribution < -0.4 is 16.0 Å². The highest BCUT2D eigenvalue weighted by Crippen LogP contribution is 2.29. The lowest BCUT2D eigenvalue weighted by Crippen LogP contribution is -2.42. The van der Waals surface area contributed by atoms with Crippen LogP contribution in [0.3, 0.4) is 0 Å². The van der Waals surface area contributed by atoms with Crippen molar-refractivity contribution in [3.63, 3.8) is 0 Å². The maximum atomic E-state index is 11.8. The van der Waals surface area contributed by atoms with Crippen molar-refractivity contribution in [1.29, 1.82) is 0 Å². The van der Waals surface area contributed by atoms with Gasteiger partial charge in [0.05, 0.1) is 10.7 Å². The molecule has 112 valence electrons. The summed E-state index contributed by atoms with van der Waals surface area (Å²) in [6, 6.07) is 5.11. The zero-order chi connectivity index (χ0) is 15.4. The molecule has 0 saturated heterocycles. The summed E-state index contributed by atoms with van der Waals surface area (Å²) < 4.78 is 0. The van der Waals surface area contributed by atoms with Crippen LogP contribution in [-0.4, -0.2) is 17.4 Å². The van der Waals surface area contributed by atoms with Gasteiger partial charge in [-0.2, -0.15) is 0 Å². The lowest BCUT2D eigenvalue weighted by molar-refractivity contribution is -0.117. The van der Waals surface area contributed by atoms with Crippen LogP contribution in [0, 0.1) is 0 Å². The van der Waals surface area contributed by atoms with Crippen molar-refractivity contribution >= 4 is 34.0 Å². The molecule has 2 aromatic rings. The van der Waals surface area contributed by atoms with Gasteiger partial charge in [0.2, 0.25) is 5.91 Å². The van der Waals surface area contributed by atoms with Gasteiger partial charge in [-0.05, 0) is 30.0 Å². The molecule has 0 atom stereocenters. The van der Waals surface area contributed by atoms with E-state index >= 15 is 0 Å². The highest BCUT2D eigenvalue weighted by atomic mass is 35.5. The Morgan fingerprint density at radius 1 is 1.43 bits per heavy atom. The van der Waals surface area contributed by atoms with E-state index in [4.69, 9.17) is 11.6 Å². The van der Waals surface area contributed by atoms with Gasteiger partial charge in [-0.1, -0.05) is 24.9 Å². The molecule has 1 aromatic heterocycles. The fourth-order valence-corrected chi connectivity index (χ4v) is 2.35. The molecular weight excluding hydrogens is 290 g/mol. The van der Waals surface area contributed by atoms with E-state index in [1.165, 1.54) is 11.9 Å². The van der Waals surface area contributed by atoms with Gasteiger partial charge < -0.3 is 4.98 Å². The Morgan fingerprint density at radius 2 is 2.19 bits per heavy atom. The Bertz CT molecular complexity index is 712. The number of hydrazine groups is 1. The van der Waals surface area contributed by atoms with Gasteiger partial charge in [0.15, 0.2) is 0 Å². The lowest BCUT2D eigenvalue weighted by atomic mass is 10.1. The van der Waals surface area contributed by atoms with E-state index < -0.39 is 0 Å². The number of anilines is 1. The summed E-state index contributed by atoms with van der Waals surface area (Å²) in [5.41, 5.74) is 3.42. The van der Waals surface area contributed by atoms with Crippen molar-refractivity contribution in [2.75, 3.05) is 11.6 Å². The predicted molar refractivity (Wildman–Crippen MR) is 85.6 cm³/mol. The van der Waals surface area contributed by atoms with E-state index in [-0.39, 0.29) is 11.5 Å². The standard InChI is InChI=1S/C15H18ClN3O2/c1-3-4-6-18-19(10(2)20)14-8-11-5-7-17-15(21)12(11)9-13(14)16/h5,7-9,18H,3-4,6H2,1-2H3,(H,17,21). The minimum atomic E-state index is -0.200. The average Bonchev–Trinajstić information content (AvgIpc) is 2.44. The second-order valence-electron chi connectivity index (χ2n) is 4.81. The van der Waals surface area contributed by atoms with E-state index in [1.807, 2.05) is 0 Å². The van der Waals surface area contributed by atoms with Crippen LogP contribution >= 0.6 is 11.6 Å². The molecule has 0 saturated carbocycles. The number of nitrogens with zero attached hydrogens (tertiary/aromatic N) is 1. The van der Waals surface area contributed by atoms with E-state index in [2.05, 4.69) is 17.3 Å². The number of hydrogen-bond donors (Lipinski definition) is 2. The molecule has 0 spiro atoms. The van der Waals surface area contributed by atoms with Crippen LogP contribution in [0.25, 0.3) is 10.8 Å². The second-order valence-corrected chi connectivity index (χ2v) is 5.22. The van der Waals surface area contributed by atoms with Crippen LogP contribution in [0.1, 0.15) is 26.7 Å². The predicted octanol–water partition coefficient (Wildman–Crippen LogP) is 2.84. The maximum absolute atomic E-state index is 11.8. The van der Waals surface area contributed by atoms with Crippen LogP contribution in [0.15, 0.2) is 29.2 Å². The normalized spacial score (nSPS) is 10.8. The minimum absolute atomic E-state index is 0.155. The number of carbonyl (C=O) groups excluding carboxylic acids is 1. The quantitative estimate of drug-likeness (QED) is 0.659. The number of rotatable bonds is 5. The average molecular weight is 308 g/mol. The molecule has 6 heteroatoms. The fourth-order valence-electron chi connectivity index (χ4n) is 2.10. The molecule has 1 aromatic carbocycles. The molecule has 0 aliphatic heterocycles. The molecule has 2 N–H and O–H groups in total. The number of carbonyl (C=O) groups is 1. The third kappa shape index (κ3) is 3.43. The number of unbranched alkanes of at least 4 members (excludes halogenated alkanes) is 1. The molecule has 0 aliphatic rings. The maximum Gasteiger partial charge on any atom is 0.255 e. The van der Waals surface area contributed by atoms with Crippen LogP contribution in [0.4, 0.5) is 5.69 Å². The zero-order valence-electron chi connectivity index (χ0n) is 12.1. The summed E-state index contributed by atoms with van der Waals surface area (Å²) >= 11 is 6.24. The molecule has 0 aliphatic carbocycles. The van der Waals surface area contributed by atoms with Crippen LogP contribution in [0.2, 0.25) is 5.02 Å². The molecule has 0 radical (unpaired) electrons. The number of fused-ring (bicyclic) bond motifs is 1. The van der Waals surface area contributed by atoms with Crippen molar-refractivity contribution in [1.82, 2.24) is 10.4 Å². The van der Waals surface area contributed by atoms with Crippen molar-refractivity contribution in [3.05, 3.63) is 39.8 Å². The first-order chi connectivity index (χ1) is 10.0. The Hall–Kier alpha value is -1.85. The molecule has 21 heavy (non-hydrogen) atoms. The van der Waals surface area contributed by atoms with Gasteiger partial charge in [0.25, 0.3) is 5.56 Å². The largest absolute Gasteiger partial charge is 0.329 e. The minimum Gasteiger partial charge on any atom is -0.329 e. The highest BCUT2D eigenvalue weighted by Gasteiger charge is 2.16. The Morgan fingerprint density at radius 3 is 2.86 bits per heavy atom. The number of aromatic nitrogens is 1. The van der Waals surface area contributed by atoms with E-state index in [1.54, 1.807) is 24.4 Å². The number of hydrogen-bond acceptors (Lipinski definition) is 3. The molecule has 0 unspecified atom stereocenters. The van der Waals surface area contributed by atoms with Crippen molar-refractivity contribution in [2.24, 2.45) is 0 Å². The monoisotopic (exact) mass is 307 g/mol. The molecular formula is C15H18ClN3O2. The number of pyridine rings is 1. The van der Waals surface area contributed by atoms with Crippen LogP contribution in [-0.2, 0) is 4.79 Å². The third-order valence-corrected chi connectivity index (χ3v) is 3.50. The molecule has 2 rings (SSSR count). The van der Waals surface area contributed by atoms with Gasteiger partial charge in [0.1, 0.15) is 0 Å². The number of benzene rings is 1. The number of nitrogens with one attached hydrogen (secondary N) is 2. The third-order valence-electron chi connectivity index (χ3n) is 3.20. The van der Waals surface area contributed by atoms with Crippen molar-refractivity contribution in [2.45, 2.75) is 26.7 Å². The van der Waals surface area contributed by atoms with Crippen molar-refractivity contribution in [3.8, 4) is 0 Å². The van der Waals surface area contributed by atoms with Gasteiger partial charge in [0, 0.05) is 25.1 Å². The van der Waals surface area contributed by atoms with Crippen LogP contribution in [0.5, 0.6) is 0 Å². The first-order valence-electron chi connectivity index (χ1n) is 6.89. The summed E-state index contributed by atoms with van der Waals surface area (Å²) in [7, 11) is 0. The van der Waals surface area contributed by atoms with Gasteiger partial charge in [-0.25, -0.2) is 10.4 Å². The Kier molecular flexibility index (Phi) is 4.98. The summed E-state index contributed by atoms with van der Waals surface area (Å²) in [5.74, 6) is -0.155. The first-order valence-corrected chi connectivity index (χ1v) is 7.27. The first kappa shape index (κ1) is 15.5. The SMILES string of the molecule is CCCCNN(C(C)=O)c1cc2cc[nH]c(=O)c2cc1Cl. The number of amides is 1. The Balaban J connectivity index is 2.45. The van der Waals surface area contributed by atoms with Crippen molar-refractivity contribution < 1.29 is 4.79 Å². The second kappa shape index (κ2) is 6.74. The number of H-pyrrole nitrogens is 1. The fraction of sp³-hybridized carbons (Fsp3) is 0.333. The zero-order valence-corrected chi connectivity index (χ0v) is 12.8. The summed E-state index contributed by atoms with van der Waals surface area (Å²) in [6.07, 6.45) is 3.55. The molecule has 0 bridgehead atoms. The smallest absolute Gasteiger partial charge is 0.255 e. The van der Waals surface area contributed by atoms with E-state index in [9.17, 15) is 9.59 Å².